The predicted octanol–water partition coefficient (Wildman–Crippen LogP) is 4.88. The third kappa shape index (κ3) is 3.99. The van der Waals surface area contributed by atoms with Crippen molar-refractivity contribution in [2.45, 2.75) is 60.9 Å². The van der Waals surface area contributed by atoms with Gasteiger partial charge in [0.2, 0.25) is 0 Å². The van der Waals surface area contributed by atoms with Crippen LogP contribution in [0.1, 0.15) is 55.8 Å². The first-order valence-corrected chi connectivity index (χ1v) is 11.8. The van der Waals surface area contributed by atoms with Crippen molar-refractivity contribution in [3.63, 3.8) is 0 Å². The molecule has 0 amide bonds. The van der Waals surface area contributed by atoms with Gasteiger partial charge < -0.3 is 20.1 Å². The first-order chi connectivity index (χ1) is 14.4. The molecule has 0 bridgehead atoms. The molecule has 2 aromatic carbocycles. The third-order valence-electron chi connectivity index (χ3n) is 8.09. The van der Waals surface area contributed by atoms with Crippen molar-refractivity contribution < 1.29 is 64.1 Å². The molecule has 0 aliphatic heterocycles. The second-order valence-corrected chi connectivity index (χ2v) is 10.7. The van der Waals surface area contributed by atoms with Gasteiger partial charge in [-0.25, -0.2) is 0 Å². The minimum absolute atomic E-state index is 0. The number of rotatable bonds is 3. The maximum absolute atomic E-state index is 11.6. The number of ether oxygens (including phenoxy) is 1. The van der Waals surface area contributed by atoms with Crippen molar-refractivity contribution in [2.75, 3.05) is 7.11 Å². The monoisotopic (exact) mass is 653 g/mol. The summed E-state index contributed by atoms with van der Waals surface area (Å²) in [6.45, 7) is 2.25. The molecule has 0 heterocycles. The normalized spacial score (nSPS) is 36.0. The summed E-state index contributed by atoms with van der Waals surface area (Å²) in [7, 11) is 1.66. The summed E-state index contributed by atoms with van der Waals surface area (Å²) in [6, 6.07) is 13.4. The van der Waals surface area contributed by atoms with Crippen LogP contribution in [0.2, 0.25) is 0 Å². The largest absolute Gasteiger partial charge is 0.508 e. The van der Waals surface area contributed by atoms with Crippen LogP contribution in [-0.4, -0.2) is 33.8 Å². The molecule has 7 unspecified atom stereocenters. The molecule has 0 aromatic heterocycles. The van der Waals surface area contributed by atoms with Crippen LogP contribution < -0.4 is 4.74 Å². The number of fused-ring (bicyclic) bond motifs is 5. The van der Waals surface area contributed by atoms with Crippen molar-refractivity contribution in [2.24, 2.45) is 17.3 Å². The first-order valence-electron chi connectivity index (χ1n) is 10.9. The Morgan fingerprint density at radius 3 is 2.45 bits per heavy atom. The number of hydrogen-bond acceptors (Lipinski definition) is 5. The molecule has 3 N–H and O–H groups in total. The standard InChI is InChI=1S/C25H30O4S.Ac/c1-25-12-11-18-17-8-5-15(29-2)13-19(17)23(28)24(22(18)20(25)9-10-21(25)27)30-16-6-3-14(26)4-7-16;/h3-8,13,18,20-24,26-28H,9-12H2,1-2H3;. The van der Waals surface area contributed by atoms with Crippen LogP contribution in [0.25, 0.3) is 0 Å². The number of aliphatic hydroxyl groups is 2. The zero-order valence-electron chi connectivity index (χ0n) is 18.1. The van der Waals surface area contributed by atoms with Crippen LogP contribution in [-0.2, 0) is 0 Å². The Morgan fingerprint density at radius 2 is 1.74 bits per heavy atom. The minimum atomic E-state index is -0.602. The SMILES string of the molecule is COc1ccc2c(c1)C(O)C(Sc1ccc(O)cc1)C1C2CCC2(C)C(O)CCC12.[Ac]. The number of methoxy groups -OCH3 is 1. The summed E-state index contributed by atoms with van der Waals surface area (Å²) in [5.41, 5.74) is 2.16. The Bertz CT molecular complexity index is 936. The van der Waals surface area contributed by atoms with Gasteiger partial charge in [-0.3, -0.25) is 0 Å². The molecule has 31 heavy (non-hydrogen) atoms. The number of aliphatic hydroxyl groups excluding tert-OH is 2. The molecule has 0 saturated heterocycles. The molecular formula is C25H30AcO4S. The summed E-state index contributed by atoms with van der Waals surface area (Å²) in [6.07, 6.45) is 3.08. The molecule has 4 nitrogen and oxygen atoms in total. The van der Waals surface area contributed by atoms with Crippen LogP contribution in [0, 0.1) is 61.3 Å². The number of hydrogen-bond donors (Lipinski definition) is 3. The van der Waals surface area contributed by atoms with Crippen LogP contribution in [0.3, 0.4) is 0 Å². The molecule has 2 fully saturated rings. The Kier molecular flexibility index (Phi) is 7.08. The van der Waals surface area contributed by atoms with Crippen LogP contribution in [0.5, 0.6) is 11.5 Å². The summed E-state index contributed by atoms with van der Waals surface area (Å²) >= 11 is 1.71. The second kappa shape index (κ2) is 9.18. The van der Waals surface area contributed by atoms with Crippen LogP contribution in [0.4, 0.5) is 0 Å². The molecule has 6 heteroatoms. The van der Waals surface area contributed by atoms with Gasteiger partial charge in [0.25, 0.3) is 0 Å². The van der Waals surface area contributed by atoms with E-state index < -0.39 is 6.10 Å². The number of aromatic hydroxyl groups is 1. The van der Waals surface area contributed by atoms with Gasteiger partial charge >= 0.3 is 0 Å². The van der Waals surface area contributed by atoms with Gasteiger partial charge in [0.05, 0.1) is 19.3 Å². The number of thioether (sulfide) groups is 1. The zero-order chi connectivity index (χ0) is 21.0. The van der Waals surface area contributed by atoms with Gasteiger partial charge in [-0.1, -0.05) is 13.0 Å². The first kappa shape index (κ1) is 23.9. The van der Waals surface area contributed by atoms with Gasteiger partial charge in [0, 0.05) is 54.2 Å². The Labute approximate surface area is 224 Å². The van der Waals surface area contributed by atoms with E-state index in [0.29, 0.717) is 17.8 Å². The summed E-state index contributed by atoms with van der Waals surface area (Å²) in [5, 5.41) is 32.0. The van der Waals surface area contributed by atoms with E-state index in [2.05, 4.69) is 13.0 Å². The molecule has 0 spiro atoms. The van der Waals surface area contributed by atoms with Gasteiger partial charge in [0.1, 0.15) is 11.5 Å². The molecule has 2 aromatic rings. The van der Waals surface area contributed by atoms with Gasteiger partial charge in [-0.05, 0) is 96.4 Å². The fourth-order valence-electron chi connectivity index (χ4n) is 6.47. The summed E-state index contributed by atoms with van der Waals surface area (Å²) in [4.78, 5) is 1.05. The maximum atomic E-state index is 11.6. The second-order valence-electron chi connectivity index (χ2n) is 9.44. The average molecular weight is 654 g/mol. The van der Waals surface area contributed by atoms with E-state index in [1.54, 1.807) is 31.0 Å². The minimum Gasteiger partial charge on any atom is -0.508 e. The predicted molar refractivity (Wildman–Crippen MR) is 118 cm³/mol. The molecule has 2 saturated carbocycles. The smallest absolute Gasteiger partial charge is 0.119 e. The van der Waals surface area contributed by atoms with Crippen LogP contribution in [0.15, 0.2) is 47.4 Å². The molecule has 3 aliphatic rings. The van der Waals surface area contributed by atoms with Gasteiger partial charge in [0.15, 0.2) is 0 Å². The zero-order valence-corrected chi connectivity index (χ0v) is 23.6. The molecular weight excluding hydrogens is 623 g/mol. The Balaban J connectivity index is 0.00000231. The fraction of sp³-hybridized carbons (Fsp3) is 0.520. The van der Waals surface area contributed by atoms with E-state index in [9.17, 15) is 15.3 Å². The molecule has 5 rings (SSSR count). The topological polar surface area (TPSA) is 69.9 Å². The van der Waals surface area contributed by atoms with Crippen molar-refractivity contribution >= 4 is 11.8 Å². The van der Waals surface area contributed by atoms with Crippen molar-refractivity contribution in [3.8, 4) is 11.5 Å². The van der Waals surface area contributed by atoms with Crippen molar-refractivity contribution in [3.05, 3.63) is 53.6 Å². The Hall–Kier alpha value is -0.248. The molecule has 1 radical (unpaired) electrons. The maximum Gasteiger partial charge on any atom is 0.119 e. The van der Waals surface area contributed by atoms with E-state index in [1.807, 2.05) is 24.3 Å². The van der Waals surface area contributed by atoms with Gasteiger partial charge in [-0.15, -0.1) is 11.8 Å². The van der Waals surface area contributed by atoms with E-state index in [0.717, 1.165) is 41.9 Å². The number of phenols is 1. The van der Waals surface area contributed by atoms with Gasteiger partial charge in [-0.2, -0.15) is 0 Å². The van der Waals surface area contributed by atoms with E-state index in [-0.39, 0.29) is 66.6 Å². The van der Waals surface area contributed by atoms with E-state index >= 15 is 0 Å². The van der Waals surface area contributed by atoms with Crippen molar-refractivity contribution in [1.82, 2.24) is 0 Å². The van der Waals surface area contributed by atoms with Crippen LogP contribution >= 0.6 is 11.8 Å². The number of benzene rings is 2. The molecule has 3 aliphatic carbocycles. The molecule has 7 atom stereocenters. The summed E-state index contributed by atoms with van der Waals surface area (Å²) < 4.78 is 5.45. The summed E-state index contributed by atoms with van der Waals surface area (Å²) in [5.74, 6) is 2.10. The average Bonchev–Trinajstić information content (AvgIpc) is 3.06. The number of phenolic OH excluding ortho intramolecular Hbond substituents is 1. The quantitative estimate of drug-likeness (QED) is 0.441. The Morgan fingerprint density at radius 1 is 1.00 bits per heavy atom. The van der Waals surface area contributed by atoms with E-state index in [1.165, 1.54) is 5.56 Å². The third-order valence-corrected chi connectivity index (χ3v) is 9.48. The molecule has 163 valence electrons. The van der Waals surface area contributed by atoms with E-state index in [4.69, 9.17) is 4.74 Å². The van der Waals surface area contributed by atoms with Crippen molar-refractivity contribution in [1.29, 1.82) is 0 Å². The fourth-order valence-corrected chi connectivity index (χ4v) is 7.89.